The molecule has 2 rings (SSSR count). The van der Waals surface area contributed by atoms with Crippen LogP contribution in [0.15, 0.2) is 36.4 Å². The largest absolute Gasteiger partial charge is 0.271 e. The van der Waals surface area contributed by atoms with Crippen LogP contribution in [-0.2, 0) is 6.42 Å². The standard InChI is InChI=1S/C16H18ClFN2/c1-10-4-3-5-13(11(10)2)16(20-19)9-12-6-7-14(17)15(18)8-12/h3-8,16,20H,9,19H2,1-2H3. The van der Waals surface area contributed by atoms with Crippen LogP contribution in [-0.4, -0.2) is 0 Å². The van der Waals surface area contributed by atoms with Crippen molar-refractivity contribution >= 4 is 11.6 Å². The molecule has 106 valence electrons. The summed E-state index contributed by atoms with van der Waals surface area (Å²) >= 11 is 5.70. The molecule has 4 heteroatoms. The normalized spacial score (nSPS) is 12.4. The van der Waals surface area contributed by atoms with Crippen LogP contribution in [0.1, 0.15) is 28.3 Å². The van der Waals surface area contributed by atoms with Crippen LogP contribution in [0.4, 0.5) is 4.39 Å². The summed E-state index contributed by atoms with van der Waals surface area (Å²) in [4.78, 5) is 0. The molecule has 0 saturated heterocycles. The summed E-state index contributed by atoms with van der Waals surface area (Å²) in [5.41, 5.74) is 7.21. The third-order valence-corrected chi connectivity index (χ3v) is 3.95. The van der Waals surface area contributed by atoms with Crippen LogP contribution in [0.2, 0.25) is 5.02 Å². The Morgan fingerprint density at radius 2 is 2.00 bits per heavy atom. The van der Waals surface area contributed by atoms with E-state index in [9.17, 15) is 4.39 Å². The quantitative estimate of drug-likeness (QED) is 0.664. The Morgan fingerprint density at radius 3 is 2.65 bits per heavy atom. The lowest BCUT2D eigenvalue weighted by molar-refractivity contribution is 0.546. The molecule has 0 bridgehead atoms. The van der Waals surface area contributed by atoms with Gasteiger partial charge in [-0.3, -0.25) is 11.3 Å². The molecule has 0 fully saturated rings. The summed E-state index contributed by atoms with van der Waals surface area (Å²) in [5.74, 6) is 5.27. The summed E-state index contributed by atoms with van der Waals surface area (Å²) in [6.07, 6.45) is 0.606. The topological polar surface area (TPSA) is 38.0 Å². The van der Waals surface area contributed by atoms with Gasteiger partial charge in [0.2, 0.25) is 0 Å². The molecule has 0 amide bonds. The minimum Gasteiger partial charge on any atom is -0.271 e. The molecule has 2 aromatic rings. The second kappa shape index (κ2) is 6.35. The number of hydrogen-bond donors (Lipinski definition) is 2. The van der Waals surface area contributed by atoms with E-state index >= 15 is 0 Å². The summed E-state index contributed by atoms with van der Waals surface area (Å²) in [7, 11) is 0. The second-order valence-corrected chi connectivity index (χ2v) is 5.37. The maximum absolute atomic E-state index is 13.5. The van der Waals surface area contributed by atoms with E-state index in [1.165, 1.54) is 17.2 Å². The van der Waals surface area contributed by atoms with Crippen molar-refractivity contribution in [1.29, 1.82) is 0 Å². The van der Waals surface area contributed by atoms with Gasteiger partial charge in [-0.05, 0) is 54.7 Å². The van der Waals surface area contributed by atoms with Gasteiger partial charge in [0.1, 0.15) is 5.82 Å². The SMILES string of the molecule is Cc1cccc(C(Cc2ccc(Cl)c(F)c2)NN)c1C. The van der Waals surface area contributed by atoms with E-state index in [-0.39, 0.29) is 11.1 Å². The van der Waals surface area contributed by atoms with E-state index in [0.717, 1.165) is 11.1 Å². The van der Waals surface area contributed by atoms with Gasteiger partial charge in [0, 0.05) is 0 Å². The van der Waals surface area contributed by atoms with Crippen molar-refractivity contribution in [3.05, 3.63) is 69.5 Å². The number of aryl methyl sites for hydroxylation is 1. The Kier molecular flexibility index (Phi) is 4.76. The van der Waals surface area contributed by atoms with E-state index in [4.69, 9.17) is 17.4 Å². The molecular weight excluding hydrogens is 275 g/mol. The van der Waals surface area contributed by atoms with Crippen LogP contribution < -0.4 is 11.3 Å². The van der Waals surface area contributed by atoms with Crippen molar-refractivity contribution in [2.75, 3.05) is 0 Å². The molecule has 0 saturated carbocycles. The fourth-order valence-electron chi connectivity index (χ4n) is 2.31. The van der Waals surface area contributed by atoms with E-state index in [2.05, 4.69) is 25.3 Å². The van der Waals surface area contributed by atoms with Crippen LogP contribution in [0.5, 0.6) is 0 Å². The first kappa shape index (κ1) is 15.0. The van der Waals surface area contributed by atoms with Crippen LogP contribution >= 0.6 is 11.6 Å². The van der Waals surface area contributed by atoms with Crippen molar-refractivity contribution in [3.63, 3.8) is 0 Å². The minimum absolute atomic E-state index is 0.0597. The van der Waals surface area contributed by atoms with Gasteiger partial charge in [-0.2, -0.15) is 0 Å². The van der Waals surface area contributed by atoms with Crippen LogP contribution in [0, 0.1) is 19.7 Å². The Labute approximate surface area is 123 Å². The fourth-order valence-corrected chi connectivity index (χ4v) is 2.43. The molecule has 1 unspecified atom stereocenters. The highest BCUT2D eigenvalue weighted by Crippen LogP contribution is 2.24. The molecule has 0 aliphatic carbocycles. The van der Waals surface area contributed by atoms with Crippen molar-refractivity contribution < 1.29 is 4.39 Å². The van der Waals surface area contributed by atoms with Gasteiger partial charge in [-0.15, -0.1) is 0 Å². The highest BCUT2D eigenvalue weighted by atomic mass is 35.5. The van der Waals surface area contributed by atoms with Gasteiger partial charge >= 0.3 is 0 Å². The summed E-state index contributed by atoms with van der Waals surface area (Å²) in [5, 5.41) is 0.137. The van der Waals surface area contributed by atoms with E-state index < -0.39 is 5.82 Å². The third kappa shape index (κ3) is 3.18. The smallest absolute Gasteiger partial charge is 0.142 e. The molecule has 20 heavy (non-hydrogen) atoms. The summed E-state index contributed by atoms with van der Waals surface area (Å²) < 4.78 is 13.5. The van der Waals surface area contributed by atoms with E-state index in [0.29, 0.717) is 6.42 Å². The number of hydrazine groups is 1. The number of rotatable bonds is 4. The number of nitrogens with one attached hydrogen (secondary N) is 1. The number of hydrogen-bond acceptors (Lipinski definition) is 2. The molecule has 2 nitrogen and oxygen atoms in total. The highest BCUT2D eigenvalue weighted by molar-refractivity contribution is 6.30. The summed E-state index contributed by atoms with van der Waals surface area (Å²) in [6, 6.07) is 10.9. The Hall–Kier alpha value is -1.42. The average Bonchev–Trinajstić information content (AvgIpc) is 2.43. The summed E-state index contributed by atoms with van der Waals surface area (Å²) in [6.45, 7) is 4.13. The molecule has 0 radical (unpaired) electrons. The van der Waals surface area contributed by atoms with Gasteiger partial charge in [0.25, 0.3) is 0 Å². The van der Waals surface area contributed by atoms with Crippen LogP contribution in [0.3, 0.4) is 0 Å². The molecular formula is C16H18ClFN2. The molecule has 0 spiro atoms. The third-order valence-electron chi connectivity index (χ3n) is 3.65. The fraction of sp³-hybridized carbons (Fsp3) is 0.250. The first-order chi connectivity index (χ1) is 9.52. The molecule has 0 aliphatic rings. The molecule has 1 atom stereocenters. The average molecular weight is 293 g/mol. The maximum Gasteiger partial charge on any atom is 0.142 e. The van der Waals surface area contributed by atoms with Crippen LogP contribution in [0.25, 0.3) is 0 Å². The lowest BCUT2D eigenvalue weighted by Crippen LogP contribution is -2.30. The van der Waals surface area contributed by atoms with Crippen molar-refractivity contribution in [1.82, 2.24) is 5.43 Å². The van der Waals surface area contributed by atoms with Crippen molar-refractivity contribution in [2.45, 2.75) is 26.3 Å². The molecule has 0 aliphatic heterocycles. The second-order valence-electron chi connectivity index (χ2n) is 4.96. The first-order valence-electron chi connectivity index (χ1n) is 6.49. The predicted molar refractivity (Wildman–Crippen MR) is 81.1 cm³/mol. The van der Waals surface area contributed by atoms with Gasteiger partial charge in [-0.25, -0.2) is 4.39 Å². The number of nitrogens with two attached hydrogens (primary N) is 1. The molecule has 0 aromatic heterocycles. The van der Waals surface area contributed by atoms with Crippen molar-refractivity contribution in [3.8, 4) is 0 Å². The first-order valence-corrected chi connectivity index (χ1v) is 6.87. The maximum atomic E-state index is 13.5. The Bertz CT molecular complexity index is 613. The van der Waals surface area contributed by atoms with Crippen molar-refractivity contribution in [2.24, 2.45) is 5.84 Å². The lowest BCUT2D eigenvalue weighted by atomic mass is 9.93. The zero-order chi connectivity index (χ0) is 14.7. The molecule has 2 aromatic carbocycles. The monoisotopic (exact) mass is 292 g/mol. The molecule has 0 heterocycles. The Balaban J connectivity index is 2.28. The lowest BCUT2D eigenvalue weighted by Gasteiger charge is -2.20. The van der Waals surface area contributed by atoms with E-state index in [1.54, 1.807) is 6.07 Å². The highest BCUT2D eigenvalue weighted by Gasteiger charge is 2.14. The van der Waals surface area contributed by atoms with Gasteiger partial charge < -0.3 is 0 Å². The number of benzene rings is 2. The zero-order valence-electron chi connectivity index (χ0n) is 11.6. The number of halogens is 2. The molecule has 3 N–H and O–H groups in total. The minimum atomic E-state index is -0.402. The Morgan fingerprint density at radius 1 is 1.25 bits per heavy atom. The van der Waals surface area contributed by atoms with E-state index in [1.807, 2.05) is 18.2 Å². The van der Waals surface area contributed by atoms with Gasteiger partial charge in [0.15, 0.2) is 0 Å². The van der Waals surface area contributed by atoms with Gasteiger partial charge in [-0.1, -0.05) is 35.9 Å². The van der Waals surface area contributed by atoms with Gasteiger partial charge in [0.05, 0.1) is 11.1 Å². The predicted octanol–water partition coefficient (Wildman–Crippen LogP) is 3.84. The zero-order valence-corrected chi connectivity index (χ0v) is 12.3.